The third-order valence-electron chi connectivity index (χ3n) is 2.69. The summed E-state index contributed by atoms with van der Waals surface area (Å²) < 4.78 is 10.7. The van der Waals surface area contributed by atoms with Gasteiger partial charge < -0.3 is 20.1 Å². The van der Waals surface area contributed by atoms with E-state index in [-0.39, 0.29) is 18.6 Å². The number of para-hydroxylation sites is 1. The highest BCUT2D eigenvalue weighted by atomic mass is 35.5. The average Bonchev–Trinajstić information content (AvgIpc) is 2.43. The Hall–Kier alpha value is -1.14. The number of benzene rings is 1. The van der Waals surface area contributed by atoms with Gasteiger partial charge in [-0.3, -0.25) is 4.79 Å². The van der Waals surface area contributed by atoms with Crippen molar-refractivity contribution < 1.29 is 14.3 Å². The Bertz CT molecular complexity index is 422. The maximum Gasteiger partial charge on any atom is 0.238 e. The van der Waals surface area contributed by atoms with Crippen molar-refractivity contribution in [3.8, 4) is 0 Å². The van der Waals surface area contributed by atoms with Gasteiger partial charge in [0.1, 0.15) is 0 Å². The molecule has 2 rings (SSSR count). The summed E-state index contributed by atoms with van der Waals surface area (Å²) in [6, 6.07) is 7.13. The van der Waals surface area contributed by atoms with E-state index in [4.69, 9.17) is 21.1 Å². The zero-order valence-electron chi connectivity index (χ0n) is 10.5. The summed E-state index contributed by atoms with van der Waals surface area (Å²) in [4.78, 5) is 11.7. The first-order chi connectivity index (χ1) is 9.25. The fourth-order valence-electron chi connectivity index (χ4n) is 1.76. The highest BCUT2D eigenvalue weighted by Crippen LogP contribution is 2.19. The molecular weight excluding hydrogens is 268 g/mol. The summed E-state index contributed by atoms with van der Waals surface area (Å²) in [7, 11) is 0. The summed E-state index contributed by atoms with van der Waals surface area (Å²) in [6.07, 6.45) is 0.0156. The molecule has 19 heavy (non-hydrogen) atoms. The number of amides is 1. The largest absolute Gasteiger partial charge is 0.376 e. The molecule has 0 bridgehead atoms. The molecule has 0 aliphatic carbocycles. The van der Waals surface area contributed by atoms with Crippen LogP contribution in [0.2, 0.25) is 5.02 Å². The molecule has 1 aromatic carbocycles. The van der Waals surface area contributed by atoms with Gasteiger partial charge in [-0.15, -0.1) is 0 Å². The Morgan fingerprint density at radius 3 is 2.95 bits per heavy atom. The quantitative estimate of drug-likeness (QED) is 0.855. The number of rotatable bonds is 5. The zero-order chi connectivity index (χ0) is 13.5. The van der Waals surface area contributed by atoms with Crippen molar-refractivity contribution in [3.63, 3.8) is 0 Å². The van der Waals surface area contributed by atoms with Gasteiger partial charge in [-0.25, -0.2) is 0 Å². The lowest BCUT2D eigenvalue weighted by atomic mass is 10.3. The minimum absolute atomic E-state index is 0.0156. The fourth-order valence-corrected chi connectivity index (χ4v) is 1.94. The van der Waals surface area contributed by atoms with E-state index in [1.54, 1.807) is 12.1 Å². The highest BCUT2D eigenvalue weighted by Gasteiger charge is 2.14. The first-order valence-electron chi connectivity index (χ1n) is 6.20. The molecule has 2 N–H and O–H groups in total. The molecule has 1 aromatic rings. The second kappa shape index (κ2) is 7.45. The lowest BCUT2D eigenvalue weighted by molar-refractivity contribution is -0.116. The molecule has 0 spiro atoms. The molecule has 1 unspecified atom stereocenters. The summed E-state index contributed by atoms with van der Waals surface area (Å²) in [5.74, 6) is -0.134. The molecular formula is C13H17ClN2O3. The SMILES string of the molecule is O=C(CNCC1COCCO1)Nc1ccccc1Cl. The van der Waals surface area contributed by atoms with Gasteiger partial charge >= 0.3 is 0 Å². The second-order valence-corrected chi connectivity index (χ2v) is 4.63. The molecule has 104 valence electrons. The van der Waals surface area contributed by atoms with Gasteiger partial charge in [-0.2, -0.15) is 0 Å². The standard InChI is InChI=1S/C13H17ClN2O3/c14-11-3-1-2-4-12(11)16-13(17)8-15-7-10-9-18-5-6-19-10/h1-4,10,15H,5-9H2,(H,16,17). The third kappa shape index (κ3) is 4.80. The van der Waals surface area contributed by atoms with Gasteiger partial charge in [-0.1, -0.05) is 23.7 Å². The van der Waals surface area contributed by atoms with Crippen molar-refractivity contribution in [2.75, 3.05) is 38.2 Å². The monoisotopic (exact) mass is 284 g/mol. The summed E-state index contributed by atoms with van der Waals surface area (Å²) >= 11 is 5.95. The molecule has 5 nitrogen and oxygen atoms in total. The van der Waals surface area contributed by atoms with Gasteiger partial charge in [0.05, 0.1) is 43.2 Å². The molecule has 1 fully saturated rings. The van der Waals surface area contributed by atoms with Crippen LogP contribution in [-0.2, 0) is 14.3 Å². The van der Waals surface area contributed by atoms with Crippen LogP contribution < -0.4 is 10.6 Å². The number of hydrogen-bond acceptors (Lipinski definition) is 4. The van der Waals surface area contributed by atoms with E-state index >= 15 is 0 Å². The van der Waals surface area contributed by atoms with Crippen molar-refractivity contribution in [1.82, 2.24) is 5.32 Å². The Balaban J connectivity index is 1.68. The number of anilines is 1. The molecule has 0 radical (unpaired) electrons. The fraction of sp³-hybridized carbons (Fsp3) is 0.462. The van der Waals surface area contributed by atoms with E-state index in [1.807, 2.05) is 12.1 Å². The lowest BCUT2D eigenvalue weighted by Crippen LogP contribution is -2.40. The number of carbonyl (C=O) groups is 1. The molecule has 1 aliphatic heterocycles. The molecule has 0 saturated carbocycles. The van der Waals surface area contributed by atoms with E-state index in [0.29, 0.717) is 37.1 Å². The number of nitrogens with one attached hydrogen (secondary N) is 2. The van der Waals surface area contributed by atoms with Crippen LogP contribution in [-0.4, -0.2) is 44.9 Å². The summed E-state index contributed by atoms with van der Waals surface area (Å²) in [6.45, 7) is 2.63. The topological polar surface area (TPSA) is 59.6 Å². The van der Waals surface area contributed by atoms with Crippen molar-refractivity contribution >= 4 is 23.2 Å². The normalized spacial score (nSPS) is 19.1. The minimum atomic E-state index is -0.134. The number of hydrogen-bond donors (Lipinski definition) is 2. The Labute approximate surface area is 117 Å². The van der Waals surface area contributed by atoms with Crippen LogP contribution in [0.3, 0.4) is 0 Å². The Kier molecular flexibility index (Phi) is 5.60. The number of ether oxygens (including phenoxy) is 2. The van der Waals surface area contributed by atoms with E-state index in [1.165, 1.54) is 0 Å². The van der Waals surface area contributed by atoms with Crippen LogP contribution in [0, 0.1) is 0 Å². The van der Waals surface area contributed by atoms with Crippen LogP contribution in [0.4, 0.5) is 5.69 Å². The van der Waals surface area contributed by atoms with Gasteiger partial charge in [-0.05, 0) is 12.1 Å². The number of halogens is 1. The zero-order valence-corrected chi connectivity index (χ0v) is 11.3. The van der Waals surface area contributed by atoms with Gasteiger partial charge in [0.15, 0.2) is 0 Å². The smallest absolute Gasteiger partial charge is 0.238 e. The molecule has 1 atom stereocenters. The minimum Gasteiger partial charge on any atom is -0.376 e. The highest BCUT2D eigenvalue weighted by molar-refractivity contribution is 6.33. The Morgan fingerprint density at radius 1 is 1.37 bits per heavy atom. The first kappa shape index (κ1) is 14.3. The molecule has 1 aliphatic rings. The maximum absolute atomic E-state index is 11.7. The maximum atomic E-state index is 11.7. The van der Waals surface area contributed by atoms with Crippen molar-refractivity contribution in [3.05, 3.63) is 29.3 Å². The molecule has 0 aromatic heterocycles. The van der Waals surface area contributed by atoms with Gasteiger partial charge in [0.2, 0.25) is 5.91 Å². The van der Waals surface area contributed by atoms with Crippen molar-refractivity contribution in [2.24, 2.45) is 0 Å². The van der Waals surface area contributed by atoms with E-state index in [2.05, 4.69) is 10.6 Å². The van der Waals surface area contributed by atoms with Crippen LogP contribution in [0.15, 0.2) is 24.3 Å². The summed E-state index contributed by atoms with van der Waals surface area (Å²) in [5.41, 5.74) is 0.619. The molecule has 1 saturated heterocycles. The molecule has 1 heterocycles. The van der Waals surface area contributed by atoms with Crippen LogP contribution in [0.1, 0.15) is 0 Å². The van der Waals surface area contributed by atoms with E-state index in [0.717, 1.165) is 0 Å². The molecule has 6 heteroatoms. The predicted molar refractivity (Wildman–Crippen MR) is 73.5 cm³/mol. The van der Waals surface area contributed by atoms with Crippen LogP contribution in [0.25, 0.3) is 0 Å². The van der Waals surface area contributed by atoms with E-state index < -0.39 is 0 Å². The predicted octanol–water partition coefficient (Wildman–Crippen LogP) is 1.28. The van der Waals surface area contributed by atoms with Crippen LogP contribution >= 0.6 is 11.6 Å². The first-order valence-corrected chi connectivity index (χ1v) is 6.58. The van der Waals surface area contributed by atoms with Crippen LogP contribution in [0.5, 0.6) is 0 Å². The van der Waals surface area contributed by atoms with Gasteiger partial charge in [0.25, 0.3) is 0 Å². The Morgan fingerprint density at radius 2 is 2.21 bits per heavy atom. The average molecular weight is 285 g/mol. The van der Waals surface area contributed by atoms with E-state index in [9.17, 15) is 4.79 Å². The van der Waals surface area contributed by atoms with Crippen molar-refractivity contribution in [1.29, 1.82) is 0 Å². The van der Waals surface area contributed by atoms with Gasteiger partial charge in [0, 0.05) is 6.54 Å². The number of carbonyl (C=O) groups excluding carboxylic acids is 1. The summed E-state index contributed by atoms with van der Waals surface area (Å²) in [5, 5.41) is 6.30. The lowest BCUT2D eigenvalue weighted by Gasteiger charge is -2.23. The third-order valence-corrected chi connectivity index (χ3v) is 3.02. The second-order valence-electron chi connectivity index (χ2n) is 4.23. The molecule has 1 amide bonds. The van der Waals surface area contributed by atoms with Crippen molar-refractivity contribution in [2.45, 2.75) is 6.10 Å².